The molecule has 0 aliphatic carbocycles. The molecular formula is C9H10I. The zero-order chi connectivity index (χ0) is 7.56. The van der Waals surface area contributed by atoms with E-state index in [0.29, 0.717) is 0 Å². The first-order valence-electron chi connectivity index (χ1n) is 3.35. The average Bonchev–Trinajstić information content (AvgIpc) is 1.88. The van der Waals surface area contributed by atoms with Crippen LogP contribution in [0.3, 0.4) is 0 Å². The van der Waals surface area contributed by atoms with Crippen molar-refractivity contribution in [1.29, 1.82) is 0 Å². The van der Waals surface area contributed by atoms with Crippen LogP contribution >= 0.6 is 22.6 Å². The Labute approximate surface area is 75.8 Å². The maximum Gasteiger partial charge on any atom is 0.0164 e. The molecule has 53 valence electrons. The average molecular weight is 245 g/mol. The summed E-state index contributed by atoms with van der Waals surface area (Å²) >= 11 is 2.35. The third-order valence-corrected chi connectivity index (χ3v) is 2.58. The molecule has 0 unspecified atom stereocenters. The number of rotatable bonds is 1. The zero-order valence-electron chi connectivity index (χ0n) is 6.02. The van der Waals surface area contributed by atoms with Gasteiger partial charge in [-0.05, 0) is 53.1 Å². The van der Waals surface area contributed by atoms with Crippen LogP contribution in [0.4, 0.5) is 0 Å². The van der Waals surface area contributed by atoms with Gasteiger partial charge in [-0.3, -0.25) is 0 Å². The van der Waals surface area contributed by atoms with E-state index in [1.54, 1.807) is 0 Å². The van der Waals surface area contributed by atoms with E-state index in [1.165, 1.54) is 9.13 Å². The largest absolute Gasteiger partial charge is 0.0612 e. The molecule has 0 fully saturated rings. The summed E-state index contributed by atoms with van der Waals surface area (Å²) in [5.74, 6) is 0. The summed E-state index contributed by atoms with van der Waals surface area (Å²) in [6.45, 7) is 6.11. The van der Waals surface area contributed by atoms with Crippen molar-refractivity contribution in [3.05, 3.63) is 39.8 Å². The van der Waals surface area contributed by atoms with E-state index in [4.69, 9.17) is 0 Å². The van der Waals surface area contributed by atoms with Gasteiger partial charge >= 0.3 is 0 Å². The lowest BCUT2D eigenvalue weighted by Crippen LogP contribution is -1.89. The van der Waals surface area contributed by atoms with Crippen LogP contribution in [0, 0.1) is 10.5 Å². The third-order valence-electron chi connectivity index (χ3n) is 1.57. The van der Waals surface area contributed by atoms with Crippen molar-refractivity contribution in [2.45, 2.75) is 13.3 Å². The minimum absolute atomic E-state index is 1.08. The van der Waals surface area contributed by atoms with Crippen LogP contribution in [0.5, 0.6) is 0 Å². The predicted octanol–water partition coefficient (Wildman–Crippen LogP) is 3.04. The molecule has 1 aromatic carbocycles. The van der Waals surface area contributed by atoms with Gasteiger partial charge < -0.3 is 0 Å². The Balaban J connectivity index is 3.17. The molecule has 1 heteroatoms. The maximum absolute atomic E-state index is 3.95. The summed E-state index contributed by atoms with van der Waals surface area (Å²) in [5.41, 5.74) is 2.54. The molecule has 0 nitrogen and oxygen atoms in total. The van der Waals surface area contributed by atoms with Crippen LogP contribution in [0.2, 0.25) is 0 Å². The normalized spacial score (nSPS) is 9.90. The molecule has 10 heavy (non-hydrogen) atoms. The van der Waals surface area contributed by atoms with Crippen molar-refractivity contribution in [1.82, 2.24) is 0 Å². The Morgan fingerprint density at radius 1 is 1.50 bits per heavy atom. The van der Waals surface area contributed by atoms with Gasteiger partial charge in [0.25, 0.3) is 0 Å². The monoisotopic (exact) mass is 245 g/mol. The lowest BCUT2D eigenvalue weighted by atomic mass is 10.1. The molecule has 0 aliphatic heterocycles. The van der Waals surface area contributed by atoms with E-state index in [-0.39, 0.29) is 0 Å². The Hall–Kier alpha value is -0.0500. The van der Waals surface area contributed by atoms with Gasteiger partial charge in [0, 0.05) is 3.57 Å². The third kappa shape index (κ3) is 1.51. The fourth-order valence-corrected chi connectivity index (χ4v) is 1.93. The molecular weight excluding hydrogens is 235 g/mol. The molecule has 0 heterocycles. The summed E-state index contributed by atoms with van der Waals surface area (Å²) in [5, 5.41) is 0. The Morgan fingerprint density at radius 3 is 2.60 bits per heavy atom. The highest BCUT2D eigenvalue weighted by molar-refractivity contribution is 14.1. The van der Waals surface area contributed by atoms with Gasteiger partial charge in [0.05, 0.1) is 0 Å². The van der Waals surface area contributed by atoms with Crippen LogP contribution in [-0.4, -0.2) is 0 Å². The molecule has 0 bridgehead atoms. The molecule has 1 radical (unpaired) electrons. The number of halogens is 1. The van der Waals surface area contributed by atoms with Crippen molar-refractivity contribution >= 4 is 22.6 Å². The summed E-state index contributed by atoms with van der Waals surface area (Å²) in [7, 11) is 0. The van der Waals surface area contributed by atoms with Crippen LogP contribution in [0.15, 0.2) is 18.2 Å². The molecule has 0 N–H and O–H groups in total. The van der Waals surface area contributed by atoms with Gasteiger partial charge in [-0.25, -0.2) is 0 Å². The Morgan fingerprint density at radius 2 is 2.20 bits per heavy atom. The fraction of sp³-hybridized carbons (Fsp3) is 0.222. The lowest BCUT2D eigenvalue weighted by Gasteiger charge is -2.03. The molecule has 0 aliphatic rings. The van der Waals surface area contributed by atoms with Crippen LogP contribution in [0.25, 0.3) is 0 Å². The number of benzene rings is 1. The van der Waals surface area contributed by atoms with E-state index in [1.807, 2.05) is 6.07 Å². The molecule has 0 amide bonds. The fourth-order valence-electron chi connectivity index (χ4n) is 0.999. The van der Waals surface area contributed by atoms with E-state index in [9.17, 15) is 0 Å². The van der Waals surface area contributed by atoms with Gasteiger partial charge in [-0.15, -0.1) is 0 Å². The lowest BCUT2D eigenvalue weighted by molar-refractivity contribution is 1.11. The summed E-state index contributed by atoms with van der Waals surface area (Å²) in [6, 6.07) is 6.22. The molecule has 1 aromatic rings. The second kappa shape index (κ2) is 3.37. The SMILES string of the molecule is [CH2]c1cccc(I)c1CC. The first kappa shape index (κ1) is 8.05. The van der Waals surface area contributed by atoms with E-state index in [2.05, 4.69) is 48.6 Å². The van der Waals surface area contributed by atoms with Crippen LogP contribution < -0.4 is 0 Å². The Kier molecular flexibility index (Phi) is 2.72. The first-order valence-corrected chi connectivity index (χ1v) is 4.43. The molecule has 0 saturated carbocycles. The predicted molar refractivity (Wildman–Crippen MR) is 53.0 cm³/mol. The van der Waals surface area contributed by atoms with Gasteiger partial charge in [-0.2, -0.15) is 0 Å². The van der Waals surface area contributed by atoms with Crippen molar-refractivity contribution in [2.75, 3.05) is 0 Å². The molecule has 0 spiro atoms. The minimum atomic E-state index is 1.08. The number of hydrogen-bond acceptors (Lipinski definition) is 0. The van der Waals surface area contributed by atoms with Crippen molar-refractivity contribution in [3.8, 4) is 0 Å². The van der Waals surface area contributed by atoms with Gasteiger partial charge in [0.2, 0.25) is 0 Å². The first-order chi connectivity index (χ1) is 4.75. The van der Waals surface area contributed by atoms with Crippen LogP contribution in [-0.2, 0) is 6.42 Å². The highest BCUT2D eigenvalue weighted by Crippen LogP contribution is 2.16. The van der Waals surface area contributed by atoms with Crippen molar-refractivity contribution in [2.24, 2.45) is 0 Å². The van der Waals surface area contributed by atoms with E-state index in [0.717, 1.165) is 12.0 Å². The maximum atomic E-state index is 3.95. The second-order valence-corrected chi connectivity index (χ2v) is 3.39. The van der Waals surface area contributed by atoms with Crippen molar-refractivity contribution in [3.63, 3.8) is 0 Å². The molecule has 0 saturated heterocycles. The van der Waals surface area contributed by atoms with Gasteiger partial charge in [0.15, 0.2) is 0 Å². The highest BCUT2D eigenvalue weighted by Gasteiger charge is 1.98. The van der Waals surface area contributed by atoms with E-state index >= 15 is 0 Å². The summed E-state index contributed by atoms with van der Waals surface area (Å²) < 4.78 is 1.33. The summed E-state index contributed by atoms with van der Waals surface area (Å²) in [6.07, 6.45) is 1.08. The quantitative estimate of drug-likeness (QED) is 0.667. The van der Waals surface area contributed by atoms with E-state index < -0.39 is 0 Å². The van der Waals surface area contributed by atoms with Crippen molar-refractivity contribution < 1.29 is 0 Å². The van der Waals surface area contributed by atoms with Gasteiger partial charge in [-0.1, -0.05) is 19.1 Å². The second-order valence-electron chi connectivity index (χ2n) is 2.23. The minimum Gasteiger partial charge on any atom is -0.0612 e. The Bertz CT molecular complexity index is 208. The smallest absolute Gasteiger partial charge is 0.0164 e. The standard InChI is InChI=1S/C9H10I/c1-3-8-7(2)5-4-6-9(8)10/h4-6H,2-3H2,1H3. The number of hydrogen-bond donors (Lipinski definition) is 0. The molecule has 0 aromatic heterocycles. The molecule has 0 atom stereocenters. The molecule has 1 rings (SSSR count). The summed E-state index contributed by atoms with van der Waals surface area (Å²) in [4.78, 5) is 0. The van der Waals surface area contributed by atoms with Gasteiger partial charge in [0.1, 0.15) is 0 Å². The topological polar surface area (TPSA) is 0 Å². The zero-order valence-corrected chi connectivity index (χ0v) is 8.18. The highest BCUT2D eigenvalue weighted by atomic mass is 127. The van der Waals surface area contributed by atoms with Crippen LogP contribution in [0.1, 0.15) is 18.1 Å².